The first kappa shape index (κ1) is 18.6. The van der Waals surface area contributed by atoms with Gasteiger partial charge in [-0.05, 0) is 55.3 Å². The van der Waals surface area contributed by atoms with Crippen LogP contribution in [0, 0.1) is 0 Å². The molecule has 0 atom stereocenters. The van der Waals surface area contributed by atoms with Crippen molar-refractivity contribution in [2.45, 2.75) is 25.7 Å². The second-order valence-electron chi connectivity index (χ2n) is 7.02. The summed E-state index contributed by atoms with van der Waals surface area (Å²) in [5, 5.41) is 3.59. The standard InChI is InChI=1S/C22H21ClN2O3/c23-15-5-10-20-18(13-15)19(26)14-21(28-20)22(27)24-16-6-8-17(9-7-16)25-11-3-1-2-4-12-25/h5-10,13-14H,1-4,11-12H2,(H,24,27). The molecular formula is C22H21ClN2O3. The Morgan fingerprint density at radius 3 is 2.39 bits per heavy atom. The van der Waals surface area contributed by atoms with Crippen molar-refractivity contribution in [3.63, 3.8) is 0 Å². The second-order valence-corrected chi connectivity index (χ2v) is 7.45. The molecule has 2 aromatic carbocycles. The number of hydrogen-bond acceptors (Lipinski definition) is 4. The quantitative estimate of drug-likeness (QED) is 0.670. The third-order valence-corrected chi connectivity index (χ3v) is 5.24. The van der Waals surface area contributed by atoms with Crippen LogP contribution in [0.2, 0.25) is 5.02 Å². The molecule has 3 aromatic rings. The van der Waals surface area contributed by atoms with E-state index in [9.17, 15) is 9.59 Å². The average Bonchev–Trinajstić information content (AvgIpc) is 2.98. The van der Waals surface area contributed by atoms with Gasteiger partial charge < -0.3 is 14.6 Å². The molecule has 0 aliphatic carbocycles. The van der Waals surface area contributed by atoms with Crippen LogP contribution in [0.25, 0.3) is 11.0 Å². The molecule has 0 bridgehead atoms. The van der Waals surface area contributed by atoms with Crippen LogP contribution < -0.4 is 15.6 Å². The fourth-order valence-electron chi connectivity index (χ4n) is 3.52. The number of carbonyl (C=O) groups excluding carboxylic acids is 1. The van der Waals surface area contributed by atoms with E-state index in [1.54, 1.807) is 12.1 Å². The molecule has 5 nitrogen and oxygen atoms in total. The summed E-state index contributed by atoms with van der Waals surface area (Å²) in [6.07, 6.45) is 5.00. The van der Waals surface area contributed by atoms with E-state index in [2.05, 4.69) is 10.2 Å². The third-order valence-electron chi connectivity index (χ3n) is 5.01. The Bertz CT molecular complexity index is 1050. The number of benzene rings is 2. The monoisotopic (exact) mass is 396 g/mol. The summed E-state index contributed by atoms with van der Waals surface area (Å²) in [6, 6.07) is 13.7. The van der Waals surface area contributed by atoms with Gasteiger partial charge in [0.05, 0.1) is 5.39 Å². The van der Waals surface area contributed by atoms with Crippen molar-refractivity contribution in [3.8, 4) is 0 Å². The van der Waals surface area contributed by atoms with Crippen LogP contribution in [0.3, 0.4) is 0 Å². The molecule has 0 spiro atoms. The van der Waals surface area contributed by atoms with Gasteiger partial charge in [0, 0.05) is 35.6 Å². The van der Waals surface area contributed by atoms with Crippen molar-refractivity contribution in [2.24, 2.45) is 0 Å². The molecule has 4 rings (SSSR count). The van der Waals surface area contributed by atoms with Crippen molar-refractivity contribution >= 4 is 39.9 Å². The van der Waals surface area contributed by atoms with Gasteiger partial charge in [-0.15, -0.1) is 0 Å². The maximum Gasteiger partial charge on any atom is 0.291 e. The van der Waals surface area contributed by atoms with Crippen LogP contribution in [-0.4, -0.2) is 19.0 Å². The van der Waals surface area contributed by atoms with Gasteiger partial charge in [0.2, 0.25) is 0 Å². The largest absolute Gasteiger partial charge is 0.451 e. The molecule has 1 N–H and O–H groups in total. The zero-order valence-corrected chi connectivity index (χ0v) is 16.2. The van der Waals surface area contributed by atoms with E-state index in [0.29, 0.717) is 21.7 Å². The second kappa shape index (κ2) is 8.07. The van der Waals surface area contributed by atoms with E-state index in [1.807, 2.05) is 24.3 Å². The van der Waals surface area contributed by atoms with Crippen molar-refractivity contribution in [2.75, 3.05) is 23.3 Å². The summed E-state index contributed by atoms with van der Waals surface area (Å²) in [7, 11) is 0. The highest BCUT2D eigenvalue weighted by Gasteiger charge is 2.14. The third kappa shape index (κ3) is 4.04. The van der Waals surface area contributed by atoms with Crippen LogP contribution in [0.1, 0.15) is 36.2 Å². The predicted octanol–water partition coefficient (Wildman–Crippen LogP) is 5.08. The van der Waals surface area contributed by atoms with E-state index in [0.717, 1.165) is 18.8 Å². The zero-order valence-electron chi connectivity index (χ0n) is 15.4. The lowest BCUT2D eigenvalue weighted by Crippen LogP contribution is -2.23. The van der Waals surface area contributed by atoms with E-state index in [4.69, 9.17) is 16.0 Å². The minimum atomic E-state index is -0.462. The van der Waals surface area contributed by atoms with E-state index in [-0.39, 0.29) is 11.2 Å². The number of rotatable bonds is 3. The molecule has 0 unspecified atom stereocenters. The summed E-state index contributed by atoms with van der Waals surface area (Å²) >= 11 is 5.91. The Balaban J connectivity index is 1.51. The fourth-order valence-corrected chi connectivity index (χ4v) is 3.69. The summed E-state index contributed by atoms with van der Waals surface area (Å²) in [5.74, 6) is -0.493. The molecular weight excluding hydrogens is 376 g/mol. The molecule has 6 heteroatoms. The van der Waals surface area contributed by atoms with E-state index < -0.39 is 5.91 Å². The number of halogens is 1. The SMILES string of the molecule is O=C(Nc1ccc(N2CCCCCC2)cc1)c1cc(=O)c2cc(Cl)ccc2o1. The highest BCUT2D eigenvalue weighted by molar-refractivity contribution is 6.31. The van der Waals surface area contributed by atoms with E-state index in [1.165, 1.54) is 37.8 Å². The first-order chi connectivity index (χ1) is 13.6. The van der Waals surface area contributed by atoms with Gasteiger partial charge >= 0.3 is 0 Å². The number of carbonyl (C=O) groups is 1. The van der Waals surface area contributed by atoms with Gasteiger partial charge in [-0.1, -0.05) is 24.4 Å². The molecule has 2 heterocycles. The minimum absolute atomic E-state index is 0.0311. The Morgan fingerprint density at radius 1 is 0.964 bits per heavy atom. The van der Waals surface area contributed by atoms with Gasteiger partial charge in [-0.3, -0.25) is 9.59 Å². The number of nitrogens with zero attached hydrogens (tertiary/aromatic N) is 1. The number of hydrogen-bond donors (Lipinski definition) is 1. The summed E-state index contributed by atoms with van der Waals surface area (Å²) in [6.45, 7) is 2.13. The van der Waals surface area contributed by atoms with Gasteiger partial charge in [0.15, 0.2) is 11.2 Å². The highest BCUT2D eigenvalue weighted by Crippen LogP contribution is 2.22. The maximum atomic E-state index is 12.5. The summed E-state index contributed by atoms with van der Waals surface area (Å²) < 4.78 is 5.59. The maximum absolute atomic E-state index is 12.5. The molecule has 0 saturated carbocycles. The topological polar surface area (TPSA) is 62.6 Å². The molecule has 1 saturated heterocycles. The van der Waals surface area contributed by atoms with Crippen molar-refractivity contribution in [3.05, 3.63) is 69.5 Å². The molecule has 28 heavy (non-hydrogen) atoms. The van der Waals surface area contributed by atoms with Crippen molar-refractivity contribution in [1.82, 2.24) is 0 Å². The lowest BCUT2D eigenvalue weighted by atomic mass is 10.2. The normalized spacial score (nSPS) is 14.7. The Kier molecular flexibility index (Phi) is 5.35. The van der Waals surface area contributed by atoms with Crippen LogP contribution in [0.4, 0.5) is 11.4 Å². The number of amides is 1. The number of anilines is 2. The minimum Gasteiger partial charge on any atom is -0.451 e. The molecule has 1 amide bonds. The Hall–Kier alpha value is -2.79. The zero-order chi connectivity index (χ0) is 19.5. The van der Waals surface area contributed by atoms with Crippen LogP contribution >= 0.6 is 11.6 Å². The van der Waals surface area contributed by atoms with Gasteiger partial charge in [-0.2, -0.15) is 0 Å². The lowest BCUT2D eigenvalue weighted by molar-refractivity contribution is 0.0997. The average molecular weight is 397 g/mol. The molecule has 1 fully saturated rings. The number of nitrogens with one attached hydrogen (secondary N) is 1. The van der Waals surface area contributed by atoms with Gasteiger partial charge in [-0.25, -0.2) is 0 Å². The smallest absolute Gasteiger partial charge is 0.291 e. The fraction of sp³-hybridized carbons (Fsp3) is 0.273. The molecule has 1 aliphatic heterocycles. The molecule has 144 valence electrons. The van der Waals surface area contributed by atoms with Crippen LogP contribution in [-0.2, 0) is 0 Å². The summed E-state index contributed by atoms with van der Waals surface area (Å²) in [5.41, 5.74) is 1.85. The predicted molar refractivity (Wildman–Crippen MR) is 113 cm³/mol. The first-order valence-electron chi connectivity index (χ1n) is 9.50. The van der Waals surface area contributed by atoms with Crippen LogP contribution in [0.5, 0.6) is 0 Å². The lowest BCUT2D eigenvalue weighted by Gasteiger charge is -2.22. The Labute approximate surface area is 167 Å². The summed E-state index contributed by atoms with van der Waals surface area (Å²) in [4.78, 5) is 27.2. The molecule has 1 aliphatic rings. The van der Waals surface area contributed by atoms with E-state index >= 15 is 0 Å². The highest BCUT2D eigenvalue weighted by atomic mass is 35.5. The van der Waals surface area contributed by atoms with Crippen molar-refractivity contribution < 1.29 is 9.21 Å². The molecule has 1 aromatic heterocycles. The Morgan fingerprint density at radius 2 is 1.68 bits per heavy atom. The van der Waals surface area contributed by atoms with Crippen LogP contribution in [0.15, 0.2) is 57.7 Å². The number of fused-ring (bicyclic) bond motifs is 1. The first-order valence-corrected chi connectivity index (χ1v) is 9.88. The van der Waals surface area contributed by atoms with Gasteiger partial charge in [0.1, 0.15) is 5.58 Å². The van der Waals surface area contributed by atoms with Gasteiger partial charge in [0.25, 0.3) is 5.91 Å². The van der Waals surface area contributed by atoms with Crippen molar-refractivity contribution in [1.29, 1.82) is 0 Å². The molecule has 0 radical (unpaired) electrons.